The fourth-order valence-corrected chi connectivity index (χ4v) is 6.82. The number of esters is 1. The van der Waals surface area contributed by atoms with Crippen molar-refractivity contribution in [1.82, 2.24) is 4.90 Å². The first-order valence-electron chi connectivity index (χ1n) is 16.1. The van der Waals surface area contributed by atoms with Gasteiger partial charge in [-0.05, 0) is 47.0 Å². The van der Waals surface area contributed by atoms with E-state index in [1.54, 1.807) is 41.7 Å². The molecule has 0 saturated carbocycles. The number of cyclic esters (lactones) is 1. The van der Waals surface area contributed by atoms with Gasteiger partial charge in [-0.3, -0.25) is 9.59 Å². The minimum Gasteiger partial charge on any atom is -0.459 e. The summed E-state index contributed by atoms with van der Waals surface area (Å²) in [6, 6.07) is -0.661. The first-order chi connectivity index (χ1) is 21.1. The molecule has 2 fully saturated rings. The SMILES string of the molecule is CC[C@H]1OC(=O)[C@H](C)[C@@H](O)[C@H](C)[C@@H](O[C@@H]2O[C@H](C)C[C@H](N(C)C(C)=O)[C@H]2O)C(C)(O)C[C@@H](C)C(=NOC(C)=O)[C@H](C)[C@@H](O)[C@]1(C)O. The Hall–Kier alpha value is -2.20. The van der Waals surface area contributed by atoms with Crippen molar-refractivity contribution in [3.63, 3.8) is 0 Å². The van der Waals surface area contributed by atoms with Gasteiger partial charge >= 0.3 is 11.9 Å². The second-order valence-corrected chi connectivity index (χ2v) is 13.8. The highest BCUT2D eigenvalue weighted by molar-refractivity contribution is 5.89. The maximum atomic E-state index is 13.4. The number of carbonyl (C=O) groups is 3. The van der Waals surface area contributed by atoms with E-state index >= 15 is 0 Å². The molecule has 5 N–H and O–H groups in total. The summed E-state index contributed by atoms with van der Waals surface area (Å²) < 4.78 is 18.0. The lowest BCUT2D eigenvalue weighted by atomic mass is 9.73. The van der Waals surface area contributed by atoms with Gasteiger partial charge in [0.2, 0.25) is 5.91 Å². The average molecular weight is 661 g/mol. The molecule has 0 aliphatic carbocycles. The molecule has 0 aromatic heterocycles. The monoisotopic (exact) mass is 660 g/mol. The van der Waals surface area contributed by atoms with Crippen molar-refractivity contribution in [1.29, 1.82) is 0 Å². The normalized spacial score (nSPS) is 44.2. The van der Waals surface area contributed by atoms with Crippen LogP contribution in [0.15, 0.2) is 5.16 Å². The standard InChI is InChI=1S/C32H56N2O12/c1-12-23-32(10,42)27(39)17(4)24(33-46-21(8)36)15(2)14-31(9,41)28(18(5)25(37)19(6)29(40)44-23)45-30-26(38)22(13-16(3)43-30)34(11)20(7)35/h15-19,22-23,25-28,30,37-39,41-42H,12-14H2,1-11H3/t15-,16-,17+,18+,19-,22+,23-,25+,26-,27-,28-,30+,31?,32-/m1/s1. The summed E-state index contributed by atoms with van der Waals surface area (Å²) in [4.78, 5) is 43.6. The smallest absolute Gasteiger partial charge is 0.331 e. The van der Waals surface area contributed by atoms with E-state index < -0.39 is 95.8 Å². The summed E-state index contributed by atoms with van der Waals surface area (Å²) in [6.45, 7) is 15.0. The molecule has 1 unspecified atom stereocenters. The van der Waals surface area contributed by atoms with Crippen LogP contribution < -0.4 is 0 Å². The fraction of sp³-hybridized carbons (Fsp3) is 0.875. The molecular formula is C32H56N2O12. The number of carbonyl (C=O) groups excluding carboxylic acids is 3. The molecule has 266 valence electrons. The van der Waals surface area contributed by atoms with Crippen LogP contribution in [0.5, 0.6) is 0 Å². The van der Waals surface area contributed by atoms with Crippen molar-refractivity contribution in [3.05, 3.63) is 0 Å². The molecule has 0 spiro atoms. The van der Waals surface area contributed by atoms with E-state index in [-0.39, 0.29) is 24.5 Å². The van der Waals surface area contributed by atoms with Gasteiger partial charge in [0, 0.05) is 38.6 Å². The zero-order valence-corrected chi connectivity index (χ0v) is 29.0. The van der Waals surface area contributed by atoms with E-state index in [1.807, 2.05) is 0 Å². The molecule has 46 heavy (non-hydrogen) atoms. The van der Waals surface area contributed by atoms with E-state index in [0.29, 0.717) is 6.42 Å². The molecule has 1 amide bonds. The third kappa shape index (κ3) is 9.03. The van der Waals surface area contributed by atoms with Gasteiger partial charge in [0.15, 0.2) is 6.29 Å². The molecule has 14 heteroatoms. The van der Waals surface area contributed by atoms with E-state index in [9.17, 15) is 39.9 Å². The minimum atomic E-state index is -1.98. The topological polar surface area (TPSA) is 205 Å². The van der Waals surface area contributed by atoms with Gasteiger partial charge in [-0.25, -0.2) is 4.79 Å². The molecular weight excluding hydrogens is 604 g/mol. The number of oxime groups is 1. The highest BCUT2D eigenvalue weighted by Crippen LogP contribution is 2.38. The number of rotatable bonds is 5. The first-order valence-corrected chi connectivity index (χ1v) is 16.1. The predicted molar refractivity (Wildman–Crippen MR) is 166 cm³/mol. The number of likely N-dealkylation sites (N-methyl/N-ethyl adjacent to an activating group) is 1. The predicted octanol–water partition coefficient (Wildman–Crippen LogP) is 1.13. The Labute approximate surface area is 272 Å². The molecule has 2 rings (SSSR count). The Bertz CT molecular complexity index is 1100. The van der Waals surface area contributed by atoms with Gasteiger partial charge < -0.3 is 49.5 Å². The quantitative estimate of drug-likeness (QED) is 0.160. The van der Waals surface area contributed by atoms with Crippen LogP contribution in [0.4, 0.5) is 0 Å². The number of nitrogens with zero attached hydrogens (tertiary/aromatic N) is 2. The zero-order chi connectivity index (χ0) is 35.5. The van der Waals surface area contributed by atoms with Crippen molar-refractivity contribution < 1.29 is 59.0 Å². The summed E-state index contributed by atoms with van der Waals surface area (Å²) in [5.41, 5.74) is -3.67. The van der Waals surface area contributed by atoms with Crippen LogP contribution >= 0.6 is 0 Å². The highest BCUT2D eigenvalue weighted by atomic mass is 16.7. The zero-order valence-electron chi connectivity index (χ0n) is 29.0. The van der Waals surface area contributed by atoms with Crippen molar-refractivity contribution in [2.24, 2.45) is 28.8 Å². The number of aliphatic hydroxyl groups excluding tert-OH is 3. The molecule has 14 nitrogen and oxygen atoms in total. The number of amides is 1. The number of hydrogen-bond acceptors (Lipinski definition) is 13. The van der Waals surface area contributed by atoms with Crippen LogP contribution in [-0.2, 0) is 33.4 Å². The lowest BCUT2D eigenvalue weighted by molar-refractivity contribution is -0.298. The Kier molecular flexibility index (Phi) is 13.7. The molecule has 2 aliphatic rings. The summed E-state index contributed by atoms with van der Waals surface area (Å²) in [7, 11) is 1.56. The molecule has 0 bridgehead atoms. The minimum absolute atomic E-state index is 0.123. The Morgan fingerprint density at radius 2 is 1.61 bits per heavy atom. The van der Waals surface area contributed by atoms with Crippen molar-refractivity contribution in [2.75, 3.05) is 7.05 Å². The van der Waals surface area contributed by atoms with Crippen molar-refractivity contribution >= 4 is 23.6 Å². The van der Waals surface area contributed by atoms with Crippen molar-refractivity contribution in [3.8, 4) is 0 Å². The molecule has 0 aromatic carbocycles. The van der Waals surface area contributed by atoms with Crippen molar-refractivity contribution in [2.45, 2.75) is 149 Å². The lowest BCUT2D eigenvalue weighted by Crippen LogP contribution is -2.60. The molecule has 14 atom stereocenters. The van der Waals surface area contributed by atoms with Crippen LogP contribution in [0.3, 0.4) is 0 Å². The van der Waals surface area contributed by atoms with Crippen LogP contribution in [0.1, 0.15) is 88.5 Å². The van der Waals surface area contributed by atoms with Gasteiger partial charge in [-0.1, -0.05) is 32.9 Å². The Morgan fingerprint density at radius 1 is 1.02 bits per heavy atom. The molecule has 2 saturated heterocycles. The maximum Gasteiger partial charge on any atom is 0.331 e. The van der Waals surface area contributed by atoms with Crippen LogP contribution in [0.25, 0.3) is 0 Å². The van der Waals surface area contributed by atoms with E-state index in [4.69, 9.17) is 19.0 Å². The van der Waals surface area contributed by atoms with E-state index in [1.165, 1.54) is 32.6 Å². The Balaban J connectivity index is 2.68. The summed E-state index contributed by atoms with van der Waals surface area (Å²) in [5, 5.41) is 61.8. The summed E-state index contributed by atoms with van der Waals surface area (Å²) in [5.74, 6) is -5.65. The van der Waals surface area contributed by atoms with Gasteiger partial charge in [-0.2, -0.15) is 0 Å². The van der Waals surface area contributed by atoms with Crippen LogP contribution in [0, 0.1) is 23.7 Å². The first kappa shape index (κ1) is 40.0. The summed E-state index contributed by atoms with van der Waals surface area (Å²) >= 11 is 0. The lowest BCUT2D eigenvalue weighted by Gasteiger charge is -2.47. The second kappa shape index (κ2) is 15.8. The maximum absolute atomic E-state index is 13.4. The van der Waals surface area contributed by atoms with E-state index in [0.717, 1.165) is 6.92 Å². The number of aliphatic hydroxyl groups is 5. The van der Waals surface area contributed by atoms with E-state index in [2.05, 4.69) is 5.16 Å². The largest absolute Gasteiger partial charge is 0.459 e. The molecule has 0 aromatic rings. The Morgan fingerprint density at radius 3 is 2.13 bits per heavy atom. The van der Waals surface area contributed by atoms with Gasteiger partial charge in [-0.15, -0.1) is 0 Å². The third-order valence-electron chi connectivity index (χ3n) is 9.73. The van der Waals surface area contributed by atoms with Crippen LogP contribution in [0.2, 0.25) is 0 Å². The number of hydrogen-bond donors (Lipinski definition) is 5. The number of ether oxygens (including phenoxy) is 3. The molecule has 0 radical (unpaired) electrons. The van der Waals surface area contributed by atoms with Gasteiger partial charge in [0.05, 0.1) is 47.7 Å². The highest BCUT2D eigenvalue weighted by Gasteiger charge is 2.51. The third-order valence-corrected chi connectivity index (χ3v) is 9.73. The summed E-state index contributed by atoms with van der Waals surface area (Å²) in [6.07, 6.45) is -8.24. The van der Waals surface area contributed by atoms with Gasteiger partial charge in [0.25, 0.3) is 0 Å². The molecule has 2 aliphatic heterocycles. The second-order valence-electron chi connectivity index (χ2n) is 13.8. The molecule has 2 heterocycles. The van der Waals surface area contributed by atoms with Gasteiger partial charge in [0.1, 0.15) is 17.8 Å². The average Bonchev–Trinajstić information content (AvgIpc) is 2.96. The van der Waals surface area contributed by atoms with Crippen LogP contribution in [-0.4, -0.2) is 121 Å². The fourth-order valence-electron chi connectivity index (χ4n) is 6.82.